The quantitative estimate of drug-likeness (QED) is 0.844. The van der Waals surface area contributed by atoms with E-state index in [1.807, 2.05) is 6.92 Å². The number of rotatable bonds is 4. The molecule has 0 aliphatic rings. The molecule has 0 heterocycles. The van der Waals surface area contributed by atoms with Crippen molar-refractivity contribution in [1.29, 1.82) is 0 Å². The van der Waals surface area contributed by atoms with Gasteiger partial charge in [-0.2, -0.15) is 13.2 Å². The Bertz CT molecular complexity index is 316. The van der Waals surface area contributed by atoms with Crippen molar-refractivity contribution < 1.29 is 18.3 Å². The number of aryl methyl sites for hydroxylation is 1. The number of alkyl halides is 3. The van der Waals surface area contributed by atoms with Crippen LogP contribution in [0.4, 0.5) is 13.2 Å². The Labute approximate surface area is 92.9 Å². The SMILES string of the molecule is C[C@@H](CO)CCc1ccc(C(F)(F)F)cc1. The minimum atomic E-state index is -4.27. The van der Waals surface area contributed by atoms with Crippen LogP contribution in [-0.2, 0) is 12.6 Å². The zero-order chi connectivity index (χ0) is 12.2. The molecular formula is C12H15F3O. The van der Waals surface area contributed by atoms with Crippen LogP contribution in [0.3, 0.4) is 0 Å². The molecule has 1 aromatic rings. The van der Waals surface area contributed by atoms with E-state index in [4.69, 9.17) is 5.11 Å². The molecule has 0 aliphatic heterocycles. The summed E-state index contributed by atoms with van der Waals surface area (Å²) in [6.07, 6.45) is -2.79. The van der Waals surface area contributed by atoms with Crippen LogP contribution in [0, 0.1) is 5.92 Å². The molecule has 0 amide bonds. The van der Waals surface area contributed by atoms with Crippen molar-refractivity contribution in [3.05, 3.63) is 35.4 Å². The first-order chi connectivity index (χ1) is 7.43. The Morgan fingerprint density at radius 2 is 1.75 bits per heavy atom. The van der Waals surface area contributed by atoms with Gasteiger partial charge >= 0.3 is 6.18 Å². The standard InChI is InChI=1S/C12H15F3O/c1-9(8-16)2-3-10-4-6-11(7-5-10)12(13,14)15/h4-7,9,16H,2-3,8H2,1H3/t9-/m1/s1. The van der Waals surface area contributed by atoms with E-state index < -0.39 is 11.7 Å². The molecule has 0 spiro atoms. The second kappa shape index (κ2) is 5.34. The van der Waals surface area contributed by atoms with Gasteiger partial charge in [0.1, 0.15) is 0 Å². The van der Waals surface area contributed by atoms with Crippen LogP contribution < -0.4 is 0 Å². The molecule has 1 nitrogen and oxygen atoms in total. The van der Waals surface area contributed by atoms with E-state index in [9.17, 15) is 13.2 Å². The van der Waals surface area contributed by atoms with Crippen molar-refractivity contribution in [2.24, 2.45) is 5.92 Å². The number of aliphatic hydroxyl groups excluding tert-OH is 1. The van der Waals surface area contributed by atoms with Crippen molar-refractivity contribution in [2.45, 2.75) is 25.9 Å². The highest BCUT2D eigenvalue weighted by atomic mass is 19.4. The van der Waals surface area contributed by atoms with Gasteiger partial charge in [0.25, 0.3) is 0 Å². The zero-order valence-electron chi connectivity index (χ0n) is 9.09. The monoisotopic (exact) mass is 232 g/mol. The molecule has 1 N–H and O–H groups in total. The molecular weight excluding hydrogens is 217 g/mol. The van der Waals surface area contributed by atoms with Crippen LogP contribution in [0.1, 0.15) is 24.5 Å². The van der Waals surface area contributed by atoms with Gasteiger partial charge in [0.05, 0.1) is 5.56 Å². The molecule has 0 aromatic heterocycles. The number of benzene rings is 1. The number of hydrogen-bond acceptors (Lipinski definition) is 1. The second-order valence-electron chi connectivity index (χ2n) is 4.02. The van der Waals surface area contributed by atoms with Gasteiger partial charge in [-0.1, -0.05) is 19.1 Å². The van der Waals surface area contributed by atoms with Gasteiger partial charge in [-0.15, -0.1) is 0 Å². The van der Waals surface area contributed by atoms with Crippen LogP contribution in [0.2, 0.25) is 0 Å². The van der Waals surface area contributed by atoms with Crippen molar-refractivity contribution >= 4 is 0 Å². The smallest absolute Gasteiger partial charge is 0.396 e. The van der Waals surface area contributed by atoms with E-state index in [0.717, 1.165) is 24.1 Å². The van der Waals surface area contributed by atoms with Crippen LogP contribution in [0.25, 0.3) is 0 Å². The Hall–Kier alpha value is -1.03. The highest BCUT2D eigenvalue weighted by Gasteiger charge is 2.29. The molecule has 4 heteroatoms. The minimum absolute atomic E-state index is 0.112. The highest BCUT2D eigenvalue weighted by molar-refractivity contribution is 5.24. The van der Waals surface area contributed by atoms with Crippen LogP contribution >= 0.6 is 0 Å². The lowest BCUT2D eigenvalue weighted by atomic mass is 10.0. The maximum absolute atomic E-state index is 12.3. The predicted molar refractivity (Wildman–Crippen MR) is 56.0 cm³/mol. The first kappa shape index (κ1) is 13.0. The molecule has 0 bridgehead atoms. The summed E-state index contributed by atoms with van der Waals surface area (Å²) in [6.45, 7) is 2.02. The summed E-state index contributed by atoms with van der Waals surface area (Å²) in [5, 5.41) is 8.81. The molecule has 1 aromatic carbocycles. The van der Waals surface area contributed by atoms with Crippen molar-refractivity contribution in [3.63, 3.8) is 0 Å². The van der Waals surface area contributed by atoms with Gasteiger partial charge in [-0.05, 0) is 36.5 Å². The largest absolute Gasteiger partial charge is 0.416 e. The van der Waals surface area contributed by atoms with Crippen LogP contribution in [-0.4, -0.2) is 11.7 Å². The predicted octanol–water partition coefficient (Wildman–Crippen LogP) is 3.27. The lowest BCUT2D eigenvalue weighted by Gasteiger charge is -2.09. The average molecular weight is 232 g/mol. The molecule has 16 heavy (non-hydrogen) atoms. The van der Waals surface area contributed by atoms with E-state index in [2.05, 4.69) is 0 Å². The maximum atomic E-state index is 12.3. The summed E-state index contributed by atoms with van der Waals surface area (Å²) in [6, 6.07) is 5.18. The molecule has 0 fully saturated rings. The molecule has 0 saturated heterocycles. The topological polar surface area (TPSA) is 20.2 Å². The normalized spacial score (nSPS) is 13.8. The van der Waals surface area contributed by atoms with Gasteiger partial charge in [0.2, 0.25) is 0 Å². The lowest BCUT2D eigenvalue weighted by molar-refractivity contribution is -0.137. The summed E-state index contributed by atoms with van der Waals surface area (Å²) < 4.78 is 36.8. The fourth-order valence-corrected chi connectivity index (χ4v) is 1.36. The Morgan fingerprint density at radius 3 is 2.19 bits per heavy atom. The van der Waals surface area contributed by atoms with E-state index in [-0.39, 0.29) is 12.5 Å². The van der Waals surface area contributed by atoms with Gasteiger partial charge in [-0.25, -0.2) is 0 Å². The first-order valence-electron chi connectivity index (χ1n) is 5.20. The molecule has 0 unspecified atom stereocenters. The van der Waals surface area contributed by atoms with E-state index in [1.165, 1.54) is 12.1 Å². The third-order valence-electron chi connectivity index (χ3n) is 2.52. The highest BCUT2D eigenvalue weighted by Crippen LogP contribution is 2.29. The molecule has 0 saturated carbocycles. The van der Waals surface area contributed by atoms with Crippen molar-refractivity contribution in [1.82, 2.24) is 0 Å². The third kappa shape index (κ3) is 3.85. The van der Waals surface area contributed by atoms with Crippen molar-refractivity contribution in [3.8, 4) is 0 Å². The third-order valence-corrected chi connectivity index (χ3v) is 2.52. The number of aliphatic hydroxyl groups is 1. The van der Waals surface area contributed by atoms with E-state index >= 15 is 0 Å². The van der Waals surface area contributed by atoms with E-state index in [1.54, 1.807) is 0 Å². The fourth-order valence-electron chi connectivity index (χ4n) is 1.36. The minimum Gasteiger partial charge on any atom is -0.396 e. The summed E-state index contributed by atoms with van der Waals surface area (Å²) in [4.78, 5) is 0. The summed E-state index contributed by atoms with van der Waals surface area (Å²) in [5.74, 6) is 0.183. The van der Waals surface area contributed by atoms with Gasteiger partial charge in [-0.3, -0.25) is 0 Å². The van der Waals surface area contributed by atoms with Crippen molar-refractivity contribution in [2.75, 3.05) is 6.61 Å². The molecule has 1 rings (SSSR count). The Balaban J connectivity index is 2.58. The zero-order valence-corrected chi connectivity index (χ0v) is 9.09. The van der Waals surface area contributed by atoms with E-state index in [0.29, 0.717) is 6.42 Å². The van der Waals surface area contributed by atoms with Crippen LogP contribution in [0.15, 0.2) is 24.3 Å². The van der Waals surface area contributed by atoms with Gasteiger partial charge in [0, 0.05) is 6.61 Å². The fraction of sp³-hybridized carbons (Fsp3) is 0.500. The second-order valence-corrected chi connectivity index (χ2v) is 4.02. The van der Waals surface area contributed by atoms with Gasteiger partial charge < -0.3 is 5.11 Å². The lowest BCUT2D eigenvalue weighted by Crippen LogP contribution is -2.05. The summed E-state index contributed by atoms with van der Waals surface area (Å²) >= 11 is 0. The first-order valence-corrected chi connectivity index (χ1v) is 5.20. The summed E-state index contributed by atoms with van der Waals surface area (Å²) in [7, 11) is 0. The average Bonchev–Trinajstić information content (AvgIpc) is 2.25. The molecule has 90 valence electrons. The van der Waals surface area contributed by atoms with Gasteiger partial charge in [0.15, 0.2) is 0 Å². The molecule has 0 aliphatic carbocycles. The maximum Gasteiger partial charge on any atom is 0.416 e. The molecule has 1 atom stereocenters. The summed E-state index contributed by atoms with van der Waals surface area (Å²) in [5.41, 5.74) is 0.250. The number of halogens is 3. The Morgan fingerprint density at radius 1 is 1.19 bits per heavy atom. The molecule has 0 radical (unpaired) electrons. The Kier molecular flexibility index (Phi) is 4.35. The number of hydrogen-bond donors (Lipinski definition) is 1. The van der Waals surface area contributed by atoms with Crippen LogP contribution in [0.5, 0.6) is 0 Å².